The molecular weight excluding hydrogens is 418 g/mol. The van der Waals surface area contributed by atoms with Gasteiger partial charge in [0.05, 0.1) is 17.3 Å². The Bertz CT molecular complexity index is 701. The molecule has 0 radical (unpaired) electrons. The Hall–Kier alpha value is -2.07. The molecule has 3 rings (SSSR count). The molecule has 0 atom stereocenters. The van der Waals surface area contributed by atoms with Gasteiger partial charge in [-0.1, -0.05) is 57.1 Å². The number of piperazine rings is 1. The summed E-state index contributed by atoms with van der Waals surface area (Å²) >= 11 is 0. The van der Waals surface area contributed by atoms with Gasteiger partial charge in [-0.3, -0.25) is 0 Å². The van der Waals surface area contributed by atoms with Crippen LogP contribution in [0.5, 0.6) is 0 Å². The second-order valence-corrected chi connectivity index (χ2v) is 8.29. The minimum atomic E-state index is -4.65. The lowest BCUT2D eigenvalue weighted by Gasteiger charge is -2.35. The first-order chi connectivity index (χ1) is 15.2. The van der Waals surface area contributed by atoms with E-state index in [9.17, 15) is 17.6 Å². The molecule has 0 N–H and O–H groups in total. The number of hydrogen-bond acceptors (Lipinski definition) is 3. The highest BCUT2D eigenvalue weighted by Gasteiger charge is 2.35. The molecule has 1 saturated carbocycles. The number of benzene rings is 1. The Morgan fingerprint density at radius 3 is 1.94 bits per heavy atom. The fraction of sp³-hybridized carbons (Fsp3) is 0.640. The van der Waals surface area contributed by atoms with Crippen molar-refractivity contribution in [3.8, 4) is 6.07 Å². The first-order valence-electron chi connectivity index (χ1n) is 11.5. The van der Waals surface area contributed by atoms with Crippen LogP contribution >= 0.6 is 0 Å². The minimum Gasteiger partial charge on any atom is -0.367 e. The number of nitriles is 1. The van der Waals surface area contributed by atoms with E-state index in [4.69, 9.17) is 5.26 Å². The van der Waals surface area contributed by atoms with Crippen molar-refractivity contribution >= 4 is 5.69 Å². The van der Waals surface area contributed by atoms with E-state index in [0.29, 0.717) is 19.5 Å². The van der Waals surface area contributed by atoms with Gasteiger partial charge in [0.25, 0.3) is 0 Å². The van der Waals surface area contributed by atoms with Crippen molar-refractivity contribution in [3.05, 3.63) is 41.7 Å². The zero-order valence-electron chi connectivity index (χ0n) is 19.5. The van der Waals surface area contributed by atoms with E-state index < -0.39 is 17.6 Å². The smallest absolute Gasteiger partial charge is 0.367 e. The summed E-state index contributed by atoms with van der Waals surface area (Å²) in [5, 5.41) is 8.02. The minimum absolute atomic E-state index is 0.0468. The Balaban J connectivity index is 0.000000321. The van der Waals surface area contributed by atoms with E-state index in [2.05, 4.69) is 11.5 Å². The number of nitrogens with zero attached hydrogens (tertiary/aromatic N) is 3. The molecule has 7 heteroatoms. The number of alkyl halides is 3. The fourth-order valence-electron chi connectivity index (χ4n) is 3.62. The monoisotopic (exact) mass is 455 g/mol. The largest absolute Gasteiger partial charge is 0.419 e. The van der Waals surface area contributed by atoms with E-state index in [-0.39, 0.29) is 5.69 Å². The van der Waals surface area contributed by atoms with E-state index in [0.717, 1.165) is 37.7 Å². The first-order valence-corrected chi connectivity index (χ1v) is 11.5. The highest BCUT2D eigenvalue weighted by molar-refractivity contribution is 5.51. The molecule has 0 spiro atoms. The maximum absolute atomic E-state index is 14.0. The zero-order valence-corrected chi connectivity index (χ0v) is 19.5. The molecule has 1 aliphatic carbocycles. The summed E-state index contributed by atoms with van der Waals surface area (Å²) in [5.41, 5.74) is -0.0601. The highest BCUT2D eigenvalue weighted by Crippen LogP contribution is 2.35. The van der Waals surface area contributed by atoms with Crippen molar-refractivity contribution < 1.29 is 17.6 Å². The lowest BCUT2D eigenvalue weighted by molar-refractivity contribution is -0.139. The summed E-state index contributed by atoms with van der Waals surface area (Å²) in [7, 11) is 0. The Labute approximate surface area is 190 Å². The van der Waals surface area contributed by atoms with E-state index in [1.807, 2.05) is 19.9 Å². The lowest BCUT2D eigenvalue weighted by Crippen LogP contribution is -2.46. The van der Waals surface area contributed by atoms with E-state index in [1.165, 1.54) is 50.7 Å². The maximum Gasteiger partial charge on any atom is 0.419 e. The molecule has 1 saturated heterocycles. The number of rotatable bonds is 4. The molecule has 2 aliphatic rings. The van der Waals surface area contributed by atoms with Crippen molar-refractivity contribution in [2.45, 2.75) is 71.4 Å². The number of anilines is 1. The maximum atomic E-state index is 14.0. The lowest BCUT2D eigenvalue weighted by atomic mass is 10.0. The molecule has 0 unspecified atom stereocenters. The van der Waals surface area contributed by atoms with Crippen molar-refractivity contribution in [1.29, 1.82) is 5.26 Å². The van der Waals surface area contributed by atoms with Crippen molar-refractivity contribution in [2.24, 2.45) is 0 Å². The molecule has 1 aliphatic heterocycles. The third-order valence-corrected chi connectivity index (χ3v) is 5.61. The summed E-state index contributed by atoms with van der Waals surface area (Å²) in [4.78, 5) is 3.86. The predicted molar refractivity (Wildman–Crippen MR) is 123 cm³/mol. The van der Waals surface area contributed by atoms with Gasteiger partial charge in [-0.15, -0.1) is 6.58 Å². The Morgan fingerprint density at radius 1 is 1.03 bits per heavy atom. The third-order valence-electron chi connectivity index (χ3n) is 5.61. The summed E-state index contributed by atoms with van der Waals surface area (Å²) in [6.07, 6.45) is 5.80. The van der Waals surface area contributed by atoms with Gasteiger partial charge in [0.15, 0.2) is 5.82 Å². The van der Waals surface area contributed by atoms with Gasteiger partial charge < -0.3 is 9.80 Å². The van der Waals surface area contributed by atoms with E-state index in [1.54, 1.807) is 4.90 Å². The predicted octanol–water partition coefficient (Wildman–Crippen LogP) is 7.19. The molecule has 0 amide bonds. The van der Waals surface area contributed by atoms with Crippen LogP contribution in [0.2, 0.25) is 0 Å². The van der Waals surface area contributed by atoms with Gasteiger partial charge in [0.1, 0.15) is 0 Å². The topological polar surface area (TPSA) is 30.3 Å². The summed E-state index contributed by atoms with van der Waals surface area (Å²) in [6.45, 7) is 11.1. The number of hydrogen-bond donors (Lipinski definition) is 0. The van der Waals surface area contributed by atoms with Crippen LogP contribution in [0, 0.1) is 17.1 Å². The Morgan fingerprint density at radius 2 is 1.56 bits per heavy atom. The van der Waals surface area contributed by atoms with Crippen LogP contribution in [0.15, 0.2) is 30.4 Å². The quantitative estimate of drug-likeness (QED) is 0.355. The number of halogens is 4. The van der Waals surface area contributed by atoms with Gasteiger partial charge in [0.2, 0.25) is 0 Å². The van der Waals surface area contributed by atoms with Crippen LogP contribution in [-0.2, 0) is 6.18 Å². The van der Waals surface area contributed by atoms with Crippen molar-refractivity contribution in [3.63, 3.8) is 0 Å². The molecule has 1 heterocycles. The van der Waals surface area contributed by atoms with Gasteiger partial charge in [0, 0.05) is 32.6 Å². The van der Waals surface area contributed by atoms with Gasteiger partial charge >= 0.3 is 6.18 Å². The zero-order chi connectivity index (χ0) is 24.0. The molecule has 1 aromatic carbocycles. The van der Waals surface area contributed by atoms with Crippen molar-refractivity contribution in [2.75, 3.05) is 37.6 Å². The molecular formula is C25H37F4N3. The molecule has 3 nitrogen and oxygen atoms in total. The SMILES string of the molecule is C1CCCCC1.C=C(C)CCC#N.CCN1CCN(c2cccc(C(F)(F)F)c2F)CC1. The van der Waals surface area contributed by atoms with Crippen molar-refractivity contribution in [1.82, 2.24) is 4.90 Å². The summed E-state index contributed by atoms with van der Waals surface area (Å²) in [5.74, 6) is -1.17. The van der Waals surface area contributed by atoms with E-state index >= 15 is 0 Å². The molecule has 0 aromatic heterocycles. The first kappa shape index (κ1) is 28.0. The van der Waals surface area contributed by atoms with Crippen LogP contribution in [0.25, 0.3) is 0 Å². The molecule has 180 valence electrons. The second-order valence-electron chi connectivity index (χ2n) is 8.29. The molecule has 2 fully saturated rings. The van der Waals surface area contributed by atoms with Gasteiger partial charge in [-0.05, 0) is 32.0 Å². The molecule has 0 bridgehead atoms. The van der Waals surface area contributed by atoms with Crippen LogP contribution in [0.3, 0.4) is 0 Å². The van der Waals surface area contributed by atoms with Crippen LogP contribution < -0.4 is 4.90 Å². The van der Waals surface area contributed by atoms with Gasteiger partial charge in [-0.2, -0.15) is 18.4 Å². The summed E-state index contributed by atoms with van der Waals surface area (Å²) in [6, 6.07) is 5.48. The average Bonchev–Trinajstić information content (AvgIpc) is 2.79. The fourth-order valence-corrected chi connectivity index (χ4v) is 3.62. The van der Waals surface area contributed by atoms with Gasteiger partial charge in [-0.25, -0.2) is 4.39 Å². The number of allylic oxidation sites excluding steroid dienone is 1. The highest BCUT2D eigenvalue weighted by atomic mass is 19.4. The number of likely N-dealkylation sites (N-methyl/N-ethyl adjacent to an activating group) is 1. The summed E-state index contributed by atoms with van der Waals surface area (Å²) < 4.78 is 51.9. The third kappa shape index (κ3) is 10.5. The molecule has 1 aromatic rings. The normalized spacial score (nSPS) is 16.7. The standard InChI is InChI=1S/C13H16F4N2.C6H9N.C6H12/c1-2-18-6-8-19(9-7-18)11-5-3-4-10(12(11)14)13(15,16)17;1-6(2)4-3-5-7;1-2-4-6-5-3-1/h3-5H,2,6-9H2,1H3;1,3-4H2,2H3;1-6H2. The van der Waals surface area contributed by atoms with Crippen LogP contribution in [0.4, 0.5) is 23.2 Å². The Kier molecular flexibility index (Phi) is 13.0. The molecule has 32 heavy (non-hydrogen) atoms. The second kappa shape index (κ2) is 14.9. The van der Waals surface area contributed by atoms with Crippen LogP contribution in [-0.4, -0.2) is 37.6 Å². The average molecular weight is 456 g/mol. The van der Waals surface area contributed by atoms with Crippen LogP contribution in [0.1, 0.15) is 70.8 Å².